The number of anilines is 2. The molecule has 2 aliphatic rings. The molecule has 0 aromatic carbocycles. The van der Waals surface area contributed by atoms with Crippen LogP contribution in [0.25, 0.3) is 0 Å². The fraction of sp³-hybridized carbons (Fsp3) is 0.733. The minimum Gasteiger partial charge on any atom is -0.367 e. The van der Waals surface area contributed by atoms with Crippen LogP contribution in [0.15, 0.2) is 12.1 Å². The van der Waals surface area contributed by atoms with Gasteiger partial charge < -0.3 is 20.0 Å². The van der Waals surface area contributed by atoms with E-state index in [-0.39, 0.29) is 0 Å². The van der Waals surface area contributed by atoms with E-state index in [1.165, 1.54) is 25.9 Å². The van der Waals surface area contributed by atoms with Crippen LogP contribution in [-0.4, -0.2) is 79.4 Å². The molecule has 0 unspecified atom stereocenters. The maximum atomic E-state index is 4.36. The van der Waals surface area contributed by atoms with Gasteiger partial charge in [-0.1, -0.05) is 0 Å². The summed E-state index contributed by atoms with van der Waals surface area (Å²) in [7, 11) is 2.16. The van der Waals surface area contributed by atoms with Crippen molar-refractivity contribution in [1.82, 2.24) is 20.0 Å². The van der Waals surface area contributed by atoms with Gasteiger partial charge in [-0.15, -0.1) is 10.2 Å². The molecule has 3 rings (SSSR count). The lowest BCUT2D eigenvalue weighted by Crippen LogP contribution is -2.44. The van der Waals surface area contributed by atoms with E-state index in [1.54, 1.807) is 0 Å². The smallest absolute Gasteiger partial charge is 0.151 e. The van der Waals surface area contributed by atoms with Crippen LogP contribution in [0.1, 0.15) is 12.8 Å². The van der Waals surface area contributed by atoms with Gasteiger partial charge in [0.05, 0.1) is 0 Å². The van der Waals surface area contributed by atoms with Crippen LogP contribution in [0, 0.1) is 0 Å². The minimum absolute atomic E-state index is 0.882. The quantitative estimate of drug-likeness (QED) is 0.863. The number of nitrogens with one attached hydrogen (secondary N) is 1. The molecular formula is C15H26N6. The van der Waals surface area contributed by atoms with E-state index < -0.39 is 0 Å². The van der Waals surface area contributed by atoms with Crippen molar-refractivity contribution in [3.8, 4) is 0 Å². The van der Waals surface area contributed by atoms with Crippen molar-refractivity contribution < 1.29 is 0 Å². The Hall–Kier alpha value is -1.40. The molecular weight excluding hydrogens is 264 g/mol. The first-order chi connectivity index (χ1) is 10.3. The first-order valence-electron chi connectivity index (χ1n) is 8.05. The van der Waals surface area contributed by atoms with Gasteiger partial charge in [-0.25, -0.2) is 0 Å². The number of hydrogen-bond acceptors (Lipinski definition) is 6. The second-order valence-electron chi connectivity index (χ2n) is 6.04. The van der Waals surface area contributed by atoms with E-state index in [0.29, 0.717) is 0 Å². The summed E-state index contributed by atoms with van der Waals surface area (Å²) in [4.78, 5) is 7.15. The lowest BCUT2D eigenvalue weighted by Gasteiger charge is -2.32. The molecule has 0 radical (unpaired) electrons. The number of likely N-dealkylation sites (N-methyl/N-ethyl adjacent to an activating group) is 1. The van der Waals surface area contributed by atoms with Gasteiger partial charge in [0.25, 0.3) is 0 Å². The Morgan fingerprint density at radius 3 is 2.43 bits per heavy atom. The summed E-state index contributed by atoms with van der Waals surface area (Å²) in [6, 6.07) is 4.13. The van der Waals surface area contributed by atoms with E-state index >= 15 is 0 Å². The fourth-order valence-electron chi connectivity index (χ4n) is 2.97. The van der Waals surface area contributed by atoms with Crippen molar-refractivity contribution in [2.45, 2.75) is 12.8 Å². The lowest BCUT2D eigenvalue weighted by atomic mass is 10.3. The van der Waals surface area contributed by atoms with Crippen molar-refractivity contribution in [3.63, 3.8) is 0 Å². The zero-order valence-corrected chi connectivity index (χ0v) is 13.0. The highest BCUT2D eigenvalue weighted by Gasteiger charge is 2.15. The molecule has 6 heteroatoms. The van der Waals surface area contributed by atoms with Crippen molar-refractivity contribution >= 4 is 11.6 Å². The molecule has 0 saturated carbocycles. The van der Waals surface area contributed by atoms with E-state index in [0.717, 1.165) is 50.9 Å². The van der Waals surface area contributed by atoms with Crippen LogP contribution in [0.4, 0.5) is 11.6 Å². The van der Waals surface area contributed by atoms with Gasteiger partial charge in [-0.2, -0.15) is 0 Å². The third kappa shape index (κ3) is 4.04. The van der Waals surface area contributed by atoms with Crippen LogP contribution >= 0.6 is 0 Å². The van der Waals surface area contributed by atoms with Gasteiger partial charge in [0.2, 0.25) is 0 Å². The molecule has 2 fully saturated rings. The monoisotopic (exact) mass is 290 g/mol. The number of rotatable bonds is 5. The van der Waals surface area contributed by atoms with Crippen LogP contribution in [0.3, 0.4) is 0 Å². The molecule has 2 saturated heterocycles. The van der Waals surface area contributed by atoms with Gasteiger partial charge >= 0.3 is 0 Å². The van der Waals surface area contributed by atoms with Crippen LogP contribution in [-0.2, 0) is 0 Å². The van der Waals surface area contributed by atoms with Crippen molar-refractivity contribution in [2.75, 3.05) is 69.6 Å². The maximum absolute atomic E-state index is 4.36. The third-order valence-corrected chi connectivity index (χ3v) is 4.41. The van der Waals surface area contributed by atoms with E-state index in [9.17, 15) is 0 Å². The number of aromatic nitrogens is 2. The molecule has 0 bridgehead atoms. The molecule has 116 valence electrons. The highest BCUT2D eigenvalue weighted by atomic mass is 15.3. The molecule has 1 N–H and O–H groups in total. The Labute approximate surface area is 127 Å². The summed E-state index contributed by atoms with van der Waals surface area (Å²) < 4.78 is 0. The molecule has 0 atom stereocenters. The van der Waals surface area contributed by atoms with Crippen molar-refractivity contribution in [1.29, 1.82) is 0 Å². The standard InChI is InChI=1S/C15H26N6/c1-19-10-12-21(13-11-19)15-5-4-14(17-18-15)16-6-9-20-7-2-3-8-20/h4-5H,2-3,6-13H2,1H3,(H,16,17). The van der Waals surface area contributed by atoms with Crippen LogP contribution < -0.4 is 10.2 Å². The normalized spacial score (nSPS) is 20.9. The van der Waals surface area contributed by atoms with Crippen molar-refractivity contribution in [2.24, 2.45) is 0 Å². The first-order valence-corrected chi connectivity index (χ1v) is 8.05. The molecule has 2 aliphatic heterocycles. The Bertz CT molecular complexity index is 420. The van der Waals surface area contributed by atoms with E-state index in [2.05, 4.69) is 43.3 Å². The van der Waals surface area contributed by atoms with E-state index in [1.807, 2.05) is 6.07 Å². The molecule has 1 aromatic heterocycles. The molecule has 3 heterocycles. The summed E-state index contributed by atoms with van der Waals surface area (Å²) >= 11 is 0. The zero-order valence-electron chi connectivity index (χ0n) is 13.0. The third-order valence-electron chi connectivity index (χ3n) is 4.41. The second kappa shape index (κ2) is 7.04. The van der Waals surface area contributed by atoms with Crippen LogP contribution in [0.5, 0.6) is 0 Å². The largest absolute Gasteiger partial charge is 0.367 e. The molecule has 0 aliphatic carbocycles. The highest BCUT2D eigenvalue weighted by molar-refractivity contribution is 5.43. The van der Waals surface area contributed by atoms with E-state index in [4.69, 9.17) is 0 Å². The van der Waals surface area contributed by atoms with Gasteiger partial charge in [0.1, 0.15) is 5.82 Å². The second-order valence-corrected chi connectivity index (χ2v) is 6.04. The van der Waals surface area contributed by atoms with Crippen LogP contribution in [0.2, 0.25) is 0 Å². The highest BCUT2D eigenvalue weighted by Crippen LogP contribution is 2.13. The Balaban J connectivity index is 1.45. The molecule has 0 spiro atoms. The number of piperazine rings is 1. The summed E-state index contributed by atoms with van der Waals surface area (Å²) in [6.07, 6.45) is 2.69. The summed E-state index contributed by atoms with van der Waals surface area (Å²) in [5.41, 5.74) is 0. The molecule has 21 heavy (non-hydrogen) atoms. The van der Waals surface area contributed by atoms with Gasteiger partial charge in [0, 0.05) is 39.3 Å². The zero-order chi connectivity index (χ0) is 14.5. The summed E-state index contributed by atoms with van der Waals surface area (Å²) in [6.45, 7) is 8.80. The lowest BCUT2D eigenvalue weighted by molar-refractivity contribution is 0.312. The minimum atomic E-state index is 0.882. The summed E-state index contributed by atoms with van der Waals surface area (Å²) in [5.74, 6) is 1.88. The number of nitrogens with zero attached hydrogens (tertiary/aromatic N) is 5. The molecule has 0 amide bonds. The summed E-state index contributed by atoms with van der Waals surface area (Å²) in [5, 5.41) is 12.0. The predicted molar refractivity (Wildman–Crippen MR) is 85.9 cm³/mol. The topological polar surface area (TPSA) is 47.5 Å². The Morgan fingerprint density at radius 1 is 1.00 bits per heavy atom. The average Bonchev–Trinajstić information content (AvgIpc) is 3.02. The fourth-order valence-corrected chi connectivity index (χ4v) is 2.97. The Kier molecular flexibility index (Phi) is 4.87. The van der Waals surface area contributed by atoms with Gasteiger partial charge in [-0.3, -0.25) is 0 Å². The number of likely N-dealkylation sites (tertiary alicyclic amines) is 1. The SMILES string of the molecule is CN1CCN(c2ccc(NCCN3CCCC3)nn2)CC1. The molecule has 6 nitrogen and oxygen atoms in total. The van der Waals surface area contributed by atoms with Gasteiger partial charge in [-0.05, 0) is 45.1 Å². The Morgan fingerprint density at radius 2 is 1.76 bits per heavy atom. The maximum Gasteiger partial charge on any atom is 0.151 e. The first kappa shape index (κ1) is 14.5. The predicted octanol–water partition coefficient (Wildman–Crippen LogP) is 0.736. The molecule has 1 aromatic rings. The van der Waals surface area contributed by atoms with Crippen molar-refractivity contribution in [3.05, 3.63) is 12.1 Å². The number of hydrogen-bond donors (Lipinski definition) is 1. The average molecular weight is 290 g/mol. The van der Waals surface area contributed by atoms with Gasteiger partial charge in [0.15, 0.2) is 5.82 Å².